The van der Waals surface area contributed by atoms with E-state index in [1.54, 1.807) is 0 Å². The minimum absolute atomic E-state index is 1.10. The Bertz CT molecular complexity index is 2640. The molecule has 9 rings (SSSR count). The first-order chi connectivity index (χ1) is 26.3. The van der Waals surface area contributed by atoms with E-state index in [9.17, 15) is 0 Å². The zero-order valence-corrected chi connectivity index (χ0v) is 29.3. The van der Waals surface area contributed by atoms with Crippen molar-refractivity contribution in [2.45, 2.75) is 0 Å². The third kappa shape index (κ3) is 6.30. The van der Waals surface area contributed by atoms with Gasteiger partial charge in [0, 0.05) is 16.6 Å². The summed E-state index contributed by atoms with van der Waals surface area (Å²) >= 11 is 0. The van der Waals surface area contributed by atoms with Crippen molar-refractivity contribution in [2.24, 2.45) is 0 Å². The molecule has 0 aliphatic heterocycles. The fourth-order valence-corrected chi connectivity index (χ4v) is 7.54. The van der Waals surface area contributed by atoms with Crippen LogP contribution in [-0.2, 0) is 0 Å². The molecule has 0 heterocycles. The Morgan fingerprint density at radius 3 is 1.43 bits per heavy atom. The van der Waals surface area contributed by atoms with Gasteiger partial charge >= 0.3 is 0 Å². The van der Waals surface area contributed by atoms with Crippen LogP contribution >= 0.6 is 0 Å². The first kappa shape index (κ1) is 32.0. The number of para-hydroxylation sites is 1. The molecule has 0 atom stereocenters. The zero-order valence-electron chi connectivity index (χ0n) is 29.3. The summed E-state index contributed by atoms with van der Waals surface area (Å²) in [6.45, 7) is 0. The van der Waals surface area contributed by atoms with Crippen molar-refractivity contribution in [1.29, 1.82) is 0 Å². The predicted octanol–water partition coefficient (Wildman–Crippen LogP) is 14.6. The van der Waals surface area contributed by atoms with Crippen molar-refractivity contribution in [3.8, 4) is 55.6 Å². The van der Waals surface area contributed by atoms with Crippen LogP contribution < -0.4 is 4.90 Å². The second-order valence-corrected chi connectivity index (χ2v) is 13.3. The van der Waals surface area contributed by atoms with Gasteiger partial charge in [-0.3, -0.25) is 0 Å². The molecule has 1 heteroatoms. The average Bonchev–Trinajstić information content (AvgIpc) is 3.25. The molecule has 250 valence electrons. The third-order valence-corrected chi connectivity index (χ3v) is 10.1. The summed E-state index contributed by atoms with van der Waals surface area (Å²) in [7, 11) is 0. The lowest BCUT2D eigenvalue weighted by Crippen LogP contribution is -2.12. The predicted molar refractivity (Wildman–Crippen MR) is 226 cm³/mol. The lowest BCUT2D eigenvalue weighted by atomic mass is 9.86. The quantitative estimate of drug-likeness (QED) is 0.155. The Morgan fingerprint density at radius 2 is 0.717 bits per heavy atom. The highest BCUT2D eigenvalue weighted by atomic mass is 15.1. The van der Waals surface area contributed by atoms with Crippen molar-refractivity contribution in [2.75, 3.05) is 4.90 Å². The van der Waals surface area contributed by atoms with Gasteiger partial charge in [0.25, 0.3) is 0 Å². The van der Waals surface area contributed by atoms with E-state index in [-0.39, 0.29) is 0 Å². The fourth-order valence-electron chi connectivity index (χ4n) is 7.54. The molecule has 9 aromatic rings. The monoisotopic (exact) mass is 675 g/mol. The molecule has 0 N–H and O–H groups in total. The second-order valence-electron chi connectivity index (χ2n) is 13.3. The van der Waals surface area contributed by atoms with Crippen LogP contribution in [0, 0.1) is 0 Å². The maximum atomic E-state index is 2.44. The molecule has 0 unspecified atom stereocenters. The summed E-state index contributed by atoms with van der Waals surface area (Å²) in [5.41, 5.74) is 15.2. The van der Waals surface area contributed by atoms with E-state index in [0.29, 0.717) is 0 Å². The summed E-state index contributed by atoms with van der Waals surface area (Å²) < 4.78 is 0. The molecule has 53 heavy (non-hydrogen) atoms. The Morgan fingerprint density at radius 1 is 0.245 bits per heavy atom. The minimum atomic E-state index is 1.10. The van der Waals surface area contributed by atoms with Crippen molar-refractivity contribution in [1.82, 2.24) is 0 Å². The van der Waals surface area contributed by atoms with Gasteiger partial charge in [0.15, 0.2) is 0 Å². The molecule has 0 aromatic heterocycles. The van der Waals surface area contributed by atoms with Gasteiger partial charge in [-0.15, -0.1) is 0 Å². The molecule has 0 saturated heterocycles. The summed E-state index contributed by atoms with van der Waals surface area (Å²) in [6, 6.07) is 80.9. The van der Waals surface area contributed by atoms with Gasteiger partial charge in [-0.25, -0.2) is 0 Å². The van der Waals surface area contributed by atoms with Crippen LogP contribution in [0.1, 0.15) is 0 Å². The topological polar surface area (TPSA) is 3.24 Å². The average molecular weight is 676 g/mol. The molecule has 9 aromatic carbocycles. The zero-order chi connectivity index (χ0) is 35.4. The lowest BCUT2D eigenvalue weighted by Gasteiger charge is -2.30. The molecule has 0 bridgehead atoms. The van der Waals surface area contributed by atoms with Gasteiger partial charge in [0.1, 0.15) is 0 Å². The Hall–Kier alpha value is -6.96. The second kappa shape index (κ2) is 14.3. The highest BCUT2D eigenvalue weighted by Crippen LogP contribution is 2.47. The molecule has 0 spiro atoms. The van der Waals surface area contributed by atoms with E-state index in [0.717, 1.165) is 22.6 Å². The molecule has 0 amide bonds. The summed E-state index contributed by atoms with van der Waals surface area (Å²) in [5.74, 6) is 0. The van der Waals surface area contributed by atoms with Gasteiger partial charge in [-0.1, -0.05) is 194 Å². The smallest absolute Gasteiger partial charge is 0.0540 e. The summed E-state index contributed by atoms with van der Waals surface area (Å²) in [4.78, 5) is 2.44. The molecular weight excluding hydrogens is 639 g/mol. The van der Waals surface area contributed by atoms with E-state index in [2.05, 4.69) is 229 Å². The van der Waals surface area contributed by atoms with Crippen LogP contribution in [0.25, 0.3) is 66.4 Å². The maximum absolute atomic E-state index is 2.44. The molecular formula is C52H37N. The van der Waals surface area contributed by atoms with Crippen LogP contribution in [0.3, 0.4) is 0 Å². The number of hydrogen-bond donors (Lipinski definition) is 0. The first-order valence-electron chi connectivity index (χ1n) is 18.2. The fraction of sp³-hybridized carbons (Fsp3) is 0. The van der Waals surface area contributed by atoms with Gasteiger partial charge in [0.05, 0.1) is 11.4 Å². The van der Waals surface area contributed by atoms with Crippen LogP contribution in [0.4, 0.5) is 17.1 Å². The highest BCUT2D eigenvalue weighted by molar-refractivity contribution is 6.03. The van der Waals surface area contributed by atoms with Crippen LogP contribution in [0.5, 0.6) is 0 Å². The Kier molecular flexibility index (Phi) is 8.66. The SMILES string of the molecule is c1ccc(-c2ccc(N(c3ccccc3-c3cc(-c4ccccc4)ccc3-c3ccccc3-c3ccccc3)c3cccc4ccccc34)cc2)cc1. The molecule has 0 fully saturated rings. The first-order valence-corrected chi connectivity index (χ1v) is 18.2. The van der Waals surface area contributed by atoms with Gasteiger partial charge in [0.2, 0.25) is 0 Å². The van der Waals surface area contributed by atoms with Crippen LogP contribution in [-0.4, -0.2) is 0 Å². The van der Waals surface area contributed by atoms with E-state index in [4.69, 9.17) is 0 Å². The Balaban J connectivity index is 1.30. The molecule has 0 saturated carbocycles. The number of anilines is 3. The summed E-state index contributed by atoms with van der Waals surface area (Å²) in [5, 5.41) is 2.40. The molecule has 0 aliphatic carbocycles. The highest BCUT2D eigenvalue weighted by Gasteiger charge is 2.22. The van der Waals surface area contributed by atoms with Gasteiger partial charge in [-0.05, 0) is 85.8 Å². The van der Waals surface area contributed by atoms with E-state index >= 15 is 0 Å². The van der Waals surface area contributed by atoms with Crippen molar-refractivity contribution >= 4 is 27.8 Å². The lowest BCUT2D eigenvalue weighted by molar-refractivity contribution is 1.30. The summed E-state index contributed by atoms with van der Waals surface area (Å²) in [6.07, 6.45) is 0. The van der Waals surface area contributed by atoms with E-state index < -0.39 is 0 Å². The van der Waals surface area contributed by atoms with Crippen molar-refractivity contribution < 1.29 is 0 Å². The van der Waals surface area contributed by atoms with Gasteiger partial charge in [-0.2, -0.15) is 0 Å². The number of fused-ring (bicyclic) bond motifs is 1. The van der Waals surface area contributed by atoms with E-state index in [1.807, 2.05) is 0 Å². The number of benzene rings is 9. The van der Waals surface area contributed by atoms with Gasteiger partial charge < -0.3 is 4.90 Å². The number of nitrogens with zero attached hydrogens (tertiary/aromatic N) is 1. The van der Waals surface area contributed by atoms with Crippen molar-refractivity contribution in [3.05, 3.63) is 224 Å². The number of hydrogen-bond acceptors (Lipinski definition) is 1. The van der Waals surface area contributed by atoms with Crippen LogP contribution in [0.2, 0.25) is 0 Å². The third-order valence-electron chi connectivity index (χ3n) is 10.1. The number of rotatable bonds is 8. The normalized spacial score (nSPS) is 11.0. The molecule has 1 nitrogen and oxygen atoms in total. The Labute approximate surface area is 311 Å². The molecule has 0 radical (unpaired) electrons. The largest absolute Gasteiger partial charge is 0.309 e. The minimum Gasteiger partial charge on any atom is -0.309 e. The standard InChI is InChI=1S/C52H37N/c1-4-17-38(18-5-1)40-31-34-44(35-32-40)53(51-30-16-24-42-23-10-11-26-46(42)51)52-29-15-14-28-49(52)50-37-43(39-19-6-2-7-20-39)33-36-48(50)47-27-13-12-25-45(47)41-21-8-3-9-22-41/h1-37H. The van der Waals surface area contributed by atoms with Crippen LogP contribution in [0.15, 0.2) is 224 Å². The maximum Gasteiger partial charge on any atom is 0.0540 e. The van der Waals surface area contributed by atoms with Crippen molar-refractivity contribution in [3.63, 3.8) is 0 Å². The van der Waals surface area contributed by atoms with E-state index in [1.165, 1.54) is 60.8 Å². The molecule has 0 aliphatic rings.